The lowest BCUT2D eigenvalue weighted by atomic mass is 10.2. The summed E-state index contributed by atoms with van der Waals surface area (Å²) in [6, 6.07) is 3.62. The number of hydrogen-bond donors (Lipinski definition) is 1. The molecule has 110 valence electrons. The molecule has 1 heterocycles. The molecule has 1 aromatic rings. The predicted molar refractivity (Wildman–Crippen MR) is 76.5 cm³/mol. The molecule has 6 heteroatoms. The van der Waals surface area contributed by atoms with Gasteiger partial charge < -0.3 is 10.1 Å². The van der Waals surface area contributed by atoms with Gasteiger partial charge in [-0.15, -0.1) is 0 Å². The third-order valence-corrected chi connectivity index (χ3v) is 3.70. The number of morpholine rings is 1. The smallest absolute Gasteiger partial charge is 0.241 e. The van der Waals surface area contributed by atoms with E-state index in [1.807, 2.05) is 13.8 Å². The van der Waals surface area contributed by atoms with Crippen LogP contribution in [0.3, 0.4) is 0 Å². The maximum Gasteiger partial charge on any atom is 0.241 e. The number of hydrogen-bond acceptors (Lipinski definition) is 3. The molecule has 0 aromatic heterocycles. The molecule has 1 N–H and O–H groups in total. The molecule has 1 aliphatic rings. The second kappa shape index (κ2) is 6.52. The third kappa shape index (κ3) is 3.69. The van der Waals surface area contributed by atoms with E-state index < -0.39 is 5.82 Å². The van der Waals surface area contributed by atoms with Crippen molar-refractivity contribution in [2.75, 3.05) is 25.0 Å². The van der Waals surface area contributed by atoms with Gasteiger partial charge in [0.25, 0.3) is 0 Å². The first kappa shape index (κ1) is 15.2. The summed E-state index contributed by atoms with van der Waals surface area (Å²) in [4.78, 5) is 14.3. The summed E-state index contributed by atoms with van der Waals surface area (Å²) in [5.74, 6) is -0.587. The van der Waals surface area contributed by atoms with Gasteiger partial charge in [-0.1, -0.05) is 11.6 Å². The molecule has 1 saturated heterocycles. The maximum atomic E-state index is 13.0. The zero-order valence-corrected chi connectivity index (χ0v) is 12.3. The Morgan fingerprint density at radius 2 is 2.35 bits per heavy atom. The molecular weight excluding hydrogens is 283 g/mol. The number of ether oxygens (including phenoxy) is 1. The minimum absolute atomic E-state index is 0.119. The van der Waals surface area contributed by atoms with Gasteiger partial charge in [-0.2, -0.15) is 0 Å². The van der Waals surface area contributed by atoms with Gasteiger partial charge >= 0.3 is 0 Å². The van der Waals surface area contributed by atoms with Gasteiger partial charge in [0.05, 0.1) is 29.5 Å². The molecule has 0 radical (unpaired) electrons. The van der Waals surface area contributed by atoms with Crippen molar-refractivity contribution in [1.29, 1.82) is 0 Å². The van der Waals surface area contributed by atoms with Gasteiger partial charge in [0.2, 0.25) is 5.91 Å². The predicted octanol–water partition coefficient (Wildman–Crippen LogP) is 2.53. The van der Waals surface area contributed by atoms with Crippen molar-refractivity contribution in [3.8, 4) is 0 Å². The number of anilines is 1. The SMILES string of the molecule is CC1CN(C(C)C(=O)Nc2ccc(F)cc2Cl)CCO1. The van der Waals surface area contributed by atoms with Crippen LogP contribution in [-0.4, -0.2) is 42.6 Å². The van der Waals surface area contributed by atoms with Gasteiger partial charge in [0, 0.05) is 13.1 Å². The summed E-state index contributed by atoms with van der Waals surface area (Å²) in [5, 5.41) is 2.92. The van der Waals surface area contributed by atoms with Crippen LogP contribution in [0.5, 0.6) is 0 Å². The lowest BCUT2D eigenvalue weighted by molar-refractivity contribution is -0.123. The van der Waals surface area contributed by atoms with Crippen LogP contribution >= 0.6 is 11.6 Å². The number of halogens is 2. The van der Waals surface area contributed by atoms with Crippen molar-refractivity contribution in [3.05, 3.63) is 29.0 Å². The van der Waals surface area contributed by atoms with Crippen molar-refractivity contribution in [2.24, 2.45) is 0 Å². The maximum absolute atomic E-state index is 13.0. The molecule has 20 heavy (non-hydrogen) atoms. The van der Waals surface area contributed by atoms with Crippen LogP contribution < -0.4 is 5.32 Å². The summed E-state index contributed by atoms with van der Waals surface area (Å²) in [7, 11) is 0. The van der Waals surface area contributed by atoms with Crippen molar-refractivity contribution >= 4 is 23.2 Å². The van der Waals surface area contributed by atoms with Crippen LogP contribution in [0.2, 0.25) is 5.02 Å². The largest absolute Gasteiger partial charge is 0.376 e. The first-order valence-corrected chi connectivity index (χ1v) is 6.96. The number of rotatable bonds is 3. The Morgan fingerprint density at radius 1 is 1.60 bits per heavy atom. The van der Waals surface area contributed by atoms with E-state index in [2.05, 4.69) is 10.2 Å². The molecule has 0 bridgehead atoms. The Kier molecular flexibility index (Phi) is 4.96. The highest BCUT2D eigenvalue weighted by Gasteiger charge is 2.26. The molecule has 4 nitrogen and oxygen atoms in total. The molecule has 1 amide bonds. The van der Waals surface area contributed by atoms with Gasteiger partial charge in [-0.3, -0.25) is 9.69 Å². The molecule has 2 rings (SSSR count). The summed E-state index contributed by atoms with van der Waals surface area (Å²) >= 11 is 5.90. The standard InChI is InChI=1S/C14H18ClFN2O2/c1-9-8-18(5-6-20-9)10(2)14(19)17-13-4-3-11(16)7-12(13)15/h3-4,7,9-10H,5-6,8H2,1-2H3,(H,17,19). The van der Waals surface area contributed by atoms with E-state index in [0.717, 1.165) is 6.54 Å². The second-order valence-electron chi connectivity index (χ2n) is 4.97. The Morgan fingerprint density at radius 3 is 3.00 bits per heavy atom. The lowest BCUT2D eigenvalue weighted by Crippen LogP contribution is -2.50. The Hall–Kier alpha value is -1.17. The van der Waals surface area contributed by atoms with E-state index in [-0.39, 0.29) is 23.1 Å². The topological polar surface area (TPSA) is 41.6 Å². The number of carbonyl (C=O) groups excluding carboxylic acids is 1. The zero-order chi connectivity index (χ0) is 14.7. The van der Waals surface area contributed by atoms with Crippen LogP contribution in [0, 0.1) is 5.82 Å². The Bertz CT molecular complexity index is 498. The number of nitrogens with one attached hydrogen (secondary N) is 1. The first-order chi connectivity index (χ1) is 9.47. The van der Waals surface area contributed by atoms with E-state index in [0.29, 0.717) is 18.8 Å². The van der Waals surface area contributed by atoms with Crippen LogP contribution in [-0.2, 0) is 9.53 Å². The van der Waals surface area contributed by atoms with E-state index in [1.54, 1.807) is 0 Å². The minimum atomic E-state index is -0.428. The zero-order valence-electron chi connectivity index (χ0n) is 11.5. The van der Waals surface area contributed by atoms with Crippen LogP contribution in [0.25, 0.3) is 0 Å². The average molecular weight is 301 g/mol. The van der Waals surface area contributed by atoms with Gasteiger partial charge in [-0.25, -0.2) is 4.39 Å². The fourth-order valence-electron chi connectivity index (χ4n) is 2.19. The van der Waals surface area contributed by atoms with Crippen LogP contribution in [0.1, 0.15) is 13.8 Å². The quantitative estimate of drug-likeness (QED) is 0.932. The van der Waals surface area contributed by atoms with E-state index in [4.69, 9.17) is 16.3 Å². The molecule has 2 atom stereocenters. The van der Waals surface area contributed by atoms with Crippen LogP contribution in [0.4, 0.5) is 10.1 Å². The fourth-order valence-corrected chi connectivity index (χ4v) is 2.41. The van der Waals surface area contributed by atoms with E-state index in [1.165, 1.54) is 18.2 Å². The normalized spacial score (nSPS) is 21.5. The highest BCUT2D eigenvalue weighted by atomic mass is 35.5. The number of carbonyl (C=O) groups is 1. The van der Waals surface area contributed by atoms with E-state index in [9.17, 15) is 9.18 Å². The molecule has 0 saturated carbocycles. The summed E-state index contributed by atoms with van der Waals surface area (Å²) in [6.07, 6.45) is 0.119. The molecule has 2 unspecified atom stereocenters. The third-order valence-electron chi connectivity index (χ3n) is 3.39. The number of amides is 1. The van der Waals surface area contributed by atoms with Gasteiger partial charge in [0.1, 0.15) is 5.82 Å². The fraction of sp³-hybridized carbons (Fsp3) is 0.500. The van der Waals surface area contributed by atoms with Crippen molar-refractivity contribution in [1.82, 2.24) is 4.90 Å². The molecule has 1 fully saturated rings. The van der Waals surface area contributed by atoms with Crippen LogP contribution in [0.15, 0.2) is 18.2 Å². The molecule has 1 aliphatic heterocycles. The summed E-state index contributed by atoms with van der Waals surface area (Å²) < 4.78 is 18.4. The van der Waals surface area contributed by atoms with Gasteiger partial charge in [-0.05, 0) is 32.0 Å². The van der Waals surface area contributed by atoms with E-state index >= 15 is 0 Å². The first-order valence-electron chi connectivity index (χ1n) is 6.59. The van der Waals surface area contributed by atoms with Crippen molar-refractivity contribution in [3.63, 3.8) is 0 Å². The van der Waals surface area contributed by atoms with Crippen molar-refractivity contribution < 1.29 is 13.9 Å². The molecule has 0 spiro atoms. The average Bonchev–Trinajstić information content (AvgIpc) is 2.41. The molecule has 1 aromatic carbocycles. The number of benzene rings is 1. The highest BCUT2D eigenvalue weighted by molar-refractivity contribution is 6.33. The molecule has 0 aliphatic carbocycles. The second-order valence-corrected chi connectivity index (χ2v) is 5.37. The highest BCUT2D eigenvalue weighted by Crippen LogP contribution is 2.23. The Labute approximate surface area is 122 Å². The minimum Gasteiger partial charge on any atom is -0.376 e. The van der Waals surface area contributed by atoms with Gasteiger partial charge in [0.15, 0.2) is 0 Å². The lowest BCUT2D eigenvalue weighted by Gasteiger charge is -2.34. The monoisotopic (exact) mass is 300 g/mol. The Balaban J connectivity index is 2.00. The van der Waals surface area contributed by atoms with Crippen molar-refractivity contribution in [2.45, 2.75) is 26.0 Å². The number of nitrogens with zero attached hydrogens (tertiary/aromatic N) is 1. The summed E-state index contributed by atoms with van der Waals surface area (Å²) in [5.41, 5.74) is 0.422. The summed E-state index contributed by atoms with van der Waals surface area (Å²) in [6.45, 7) is 5.87. The molecular formula is C14H18ClFN2O2.